The summed E-state index contributed by atoms with van der Waals surface area (Å²) < 4.78 is 1.19. The molecule has 2 heterocycles. The Morgan fingerprint density at radius 2 is 2.09 bits per heavy atom. The predicted octanol–water partition coefficient (Wildman–Crippen LogP) is 1.69. The first-order valence-electron chi connectivity index (χ1n) is 7.03. The van der Waals surface area contributed by atoms with Crippen molar-refractivity contribution in [3.63, 3.8) is 0 Å². The van der Waals surface area contributed by atoms with E-state index in [2.05, 4.69) is 15.4 Å². The fraction of sp³-hybridized carbons (Fsp3) is 0.462. The van der Waals surface area contributed by atoms with Gasteiger partial charge in [0.15, 0.2) is 5.82 Å². The molecule has 9 nitrogen and oxygen atoms in total. The maximum atomic E-state index is 10.9. The number of imidazole rings is 1. The van der Waals surface area contributed by atoms with Gasteiger partial charge < -0.3 is 20.5 Å². The molecule has 0 unspecified atom stereocenters. The number of carboxylic acids is 1. The number of nitrogens with one attached hydrogen (secondary N) is 1. The molecule has 9 heteroatoms. The zero-order valence-electron chi connectivity index (χ0n) is 11.7. The Bertz CT molecular complexity index is 720. The van der Waals surface area contributed by atoms with Crippen molar-refractivity contribution in [2.75, 3.05) is 5.32 Å². The molecule has 0 amide bonds. The van der Waals surface area contributed by atoms with Crippen molar-refractivity contribution >= 4 is 23.3 Å². The Balaban J connectivity index is 1.73. The first-order chi connectivity index (χ1) is 10.5. The van der Waals surface area contributed by atoms with E-state index >= 15 is 0 Å². The summed E-state index contributed by atoms with van der Waals surface area (Å²) in [7, 11) is 0. The molecule has 116 valence electrons. The maximum absolute atomic E-state index is 10.9. The summed E-state index contributed by atoms with van der Waals surface area (Å²) >= 11 is 0. The molecule has 0 aliphatic heterocycles. The third kappa shape index (κ3) is 2.69. The second-order valence-corrected chi connectivity index (χ2v) is 5.39. The second kappa shape index (κ2) is 5.58. The van der Waals surface area contributed by atoms with E-state index in [0.29, 0.717) is 24.3 Å². The van der Waals surface area contributed by atoms with Crippen LogP contribution in [0.25, 0.3) is 5.65 Å². The number of aliphatic carboxylic acids is 1. The van der Waals surface area contributed by atoms with Crippen LogP contribution in [0.1, 0.15) is 25.7 Å². The van der Waals surface area contributed by atoms with Crippen LogP contribution in [0.5, 0.6) is 0 Å². The van der Waals surface area contributed by atoms with Gasteiger partial charge in [0.05, 0.1) is 5.92 Å². The molecule has 2 N–H and O–H groups in total. The number of carboxylic acid groups (broad SMARTS) is 1. The lowest BCUT2D eigenvalue weighted by molar-refractivity contribution is -0.391. The number of nitro groups is 1. The molecule has 0 atom stereocenters. The van der Waals surface area contributed by atoms with Crippen molar-refractivity contribution in [2.45, 2.75) is 31.7 Å². The second-order valence-electron chi connectivity index (χ2n) is 5.39. The van der Waals surface area contributed by atoms with Gasteiger partial charge in [-0.05, 0) is 36.7 Å². The predicted molar refractivity (Wildman–Crippen MR) is 76.6 cm³/mol. The Morgan fingerprint density at radius 1 is 1.36 bits per heavy atom. The summed E-state index contributed by atoms with van der Waals surface area (Å²) in [6.45, 7) is 0. The van der Waals surface area contributed by atoms with Gasteiger partial charge in [-0.25, -0.2) is 4.98 Å². The van der Waals surface area contributed by atoms with Gasteiger partial charge in [0.1, 0.15) is 6.20 Å². The maximum Gasteiger partial charge on any atom is 0.368 e. The summed E-state index contributed by atoms with van der Waals surface area (Å²) in [4.78, 5) is 25.2. The zero-order chi connectivity index (χ0) is 15.7. The lowest BCUT2D eigenvalue weighted by Gasteiger charge is -2.26. The minimum atomic E-state index is -0.743. The standard InChI is InChI=1S/C13H15N5O4/c19-13(20)8-1-3-9(4-2-8)15-10-5-6-11-14-7-12(18(21)22)17(11)16-10/h5-9H,1-4H2,(H,15,16)(H,19,20). The van der Waals surface area contributed by atoms with E-state index in [1.165, 1.54) is 10.7 Å². The van der Waals surface area contributed by atoms with Gasteiger partial charge in [-0.1, -0.05) is 9.61 Å². The largest absolute Gasteiger partial charge is 0.481 e. The normalized spacial score (nSPS) is 21.6. The quantitative estimate of drug-likeness (QED) is 0.650. The number of hydrogen-bond donors (Lipinski definition) is 2. The highest BCUT2D eigenvalue weighted by atomic mass is 16.6. The summed E-state index contributed by atoms with van der Waals surface area (Å²) in [5, 5.41) is 27.3. The van der Waals surface area contributed by atoms with E-state index in [0.717, 1.165) is 12.8 Å². The van der Waals surface area contributed by atoms with E-state index in [1.807, 2.05) is 0 Å². The van der Waals surface area contributed by atoms with Crippen LogP contribution >= 0.6 is 0 Å². The molecule has 0 aromatic carbocycles. The van der Waals surface area contributed by atoms with Crippen molar-refractivity contribution in [2.24, 2.45) is 5.92 Å². The van der Waals surface area contributed by atoms with E-state index in [-0.39, 0.29) is 17.8 Å². The lowest BCUT2D eigenvalue weighted by atomic mass is 9.86. The molecule has 3 rings (SSSR count). The van der Waals surface area contributed by atoms with Gasteiger partial charge in [-0.2, -0.15) is 0 Å². The molecular weight excluding hydrogens is 290 g/mol. The molecule has 2 aromatic heterocycles. The third-order valence-corrected chi connectivity index (χ3v) is 3.96. The Labute approximate surface area is 125 Å². The fourth-order valence-electron chi connectivity index (χ4n) is 2.76. The third-order valence-electron chi connectivity index (χ3n) is 3.96. The van der Waals surface area contributed by atoms with Gasteiger partial charge in [0.2, 0.25) is 5.65 Å². The summed E-state index contributed by atoms with van der Waals surface area (Å²) in [6, 6.07) is 3.50. The number of fused-ring (bicyclic) bond motifs is 1. The Hall–Kier alpha value is -2.71. The molecule has 22 heavy (non-hydrogen) atoms. The van der Waals surface area contributed by atoms with Crippen LogP contribution in [-0.4, -0.2) is 36.6 Å². The van der Waals surface area contributed by atoms with Crippen molar-refractivity contribution in [1.29, 1.82) is 0 Å². The summed E-state index contributed by atoms with van der Waals surface area (Å²) in [5.74, 6) is -0.684. The number of nitrogens with zero attached hydrogens (tertiary/aromatic N) is 4. The Morgan fingerprint density at radius 3 is 2.73 bits per heavy atom. The number of hydrogen-bond acceptors (Lipinski definition) is 6. The molecule has 0 saturated heterocycles. The highest BCUT2D eigenvalue weighted by molar-refractivity contribution is 5.70. The van der Waals surface area contributed by atoms with Crippen LogP contribution in [0.3, 0.4) is 0 Å². The van der Waals surface area contributed by atoms with Crippen LogP contribution in [-0.2, 0) is 4.79 Å². The van der Waals surface area contributed by atoms with E-state index in [1.54, 1.807) is 12.1 Å². The van der Waals surface area contributed by atoms with Gasteiger partial charge in [0, 0.05) is 12.1 Å². The van der Waals surface area contributed by atoms with Crippen molar-refractivity contribution in [3.8, 4) is 0 Å². The van der Waals surface area contributed by atoms with Crippen LogP contribution in [0.2, 0.25) is 0 Å². The number of aromatic nitrogens is 3. The monoisotopic (exact) mass is 305 g/mol. The molecule has 1 fully saturated rings. The first-order valence-corrected chi connectivity index (χ1v) is 7.03. The molecule has 0 radical (unpaired) electrons. The molecule has 0 spiro atoms. The molecule has 2 aromatic rings. The highest BCUT2D eigenvalue weighted by Gasteiger charge is 2.26. The van der Waals surface area contributed by atoms with Gasteiger partial charge in [-0.15, -0.1) is 0 Å². The first kappa shape index (κ1) is 14.2. The average molecular weight is 305 g/mol. The van der Waals surface area contributed by atoms with Crippen molar-refractivity contribution in [3.05, 3.63) is 28.4 Å². The van der Waals surface area contributed by atoms with E-state index in [9.17, 15) is 14.9 Å². The van der Waals surface area contributed by atoms with Crippen LogP contribution in [0, 0.1) is 16.0 Å². The number of rotatable bonds is 4. The molecule has 1 aliphatic carbocycles. The van der Waals surface area contributed by atoms with Crippen molar-refractivity contribution in [1.82, 2.24) is 14.6 Å². The van der Waals surface area contributed by atoms with Crippen LogP contribution in [0.15, 0.2) is 18.3 Å². The lowest BCUT2D eigenvalue weighted by Crippen LogP contribution is -2.29. The minimum Gasteiger partial charge on any atom is -0.481 e. The van der Waals surface area contributed by atoms with E-state index in [4.69, 9.17) is 5.11 Å². The van der Waals surface area contributed by atoms with Gasteiger partial charge >= 0.3 is 11.8 Å². The number of carbonyl (C=O) groups is 1. The molecule has 1 saturated carbocycles. The van der Waals surface area contributed by atoms with E-state index < -0.39 is 10.9 Å². The SMILES string of the molecule is O=C(O)C1CCC(Nc2ccc3ncc([N+](=O)[O-])n3n2)CC1. The Kier molecular flexibility index (Phi) is 3.61. The van der Waals surface area contributed by atoms with Crippen LogP contribution < -0.4 is 5.32 Å². The number of anilines is 1. The van der Waals surface area contributed by atoms with Gasteiger partial charge in [0.25, 0.3) is 0 Å². The zero-order valence-corrected chi connectivity index (χ0v) is 11.7. The van der Waals surface area contributed by atoms with Crippen molar-refractivity contribution < 1.29 is 14.8 Å². The van der Waals surface area contributed by atoms with Gasteiger partial charge in [-0.3, -0.25) is 4.79 Å². The minimum absolute atomic E-state index is 0.128. The molecule has 0 bridgehead atoms. The smallest absolute Gasteiger partial charge is 0.368 e. The molecule has 1 aliphatic rings. The fourth-order valence-corrected chi connectivity index (χ4v) is 2.76. The molecular formula is C13H15N5O4. The summed E-state index contributed by atoms with van der Waals surface area (Å²) in [6.07, 6.45) is 3.90. The highest BCUT2D eigenvalue weighted by Crippen LogP contribution is 2.26. The average Bonchev–Trinajstić information content (AvgIpc) is 2.91. The topological polar surface area (TPSA) is 123 Å². The summed E-state index contributed by atoms with van der Waals surface area (Å²) in [5.41, 5.74) is 0.409. The van der Waals surface area contributed by atoms with Crippen LogP contribution in [0.4, 0.5) is 11.6 Å².